The van der Waals surface area contributed by atoms with Gasteiger partial charge in [0, 0.05) is 61.2 Å². The quantitative estimate of drug-likeness (QED) is 0.194. The largest absolute Gasteiger partial charge is 0.313 e. The van der Waals surface area contributed by atoms with Gasteiger partial charge in [-0.3, -0.25) is 0 Å². The Morgan fingerprint density at radius 1 is 0.510 bits per heavy atom. The maximum atomic E-state index is 5.22. The van der Waals surface area contributed by atoms with Crippen LogP contribution >= 0.6 is 0 Å². The van der Waals surface area contributed by atoms with Crippen LogP contribution in [0.15, 0.2) is 152 Å². The van der Waals surface area contributed by atoms with Crippen LogP contribution in [0.25, 0.3) is 83.7 Å². The van der Waals surface area contributed by atoms with Crippen molar-refractivity contribution in [2.75, 3.05) is 0 Å². The molecule has 0 bridgehead atoms. The second-order valence-corrected chi connectivity index (χ2v) is 13.1. The predicted molar refractivity (Wildman–Crippen MR) is 204 cm³/mol. The molecule has 0 aliphatic heterocycles. The number of fused-ring (bicyclic) bond motifs is 7. The summed E-state index contributed by atoms with van der Waals surface area (Å²) in [6.07, 6.45) is 5.66. The molecule has 0 spiro atoms. The van der Waals surface area contributed by atoms with Crippen LogP contribution in [0.2, 0.25) is 0 Å². The van der Waals surface area contributed by atoms with Crippen molar-refractivity contribution < 1.29 is 0 Å². The molecule has 1 aliphatic rings. The molecule has 4 heteroatoms. The number of nitrogens with zero attached hydrogens (tertiary/aromatic N) is 4. The summed E-state index contributed by atoms with van der Waals surface area (Å²) >= 11 is 0. The molecule has 10 rings (SSSR count). The number of aromatic nitrogens is 4. The van der Waals surface area contributed by atoms with Gasteiger partial charge in [-0.05, 0) is 67.1 Å². The molecule has 0 saturated carbocycles. The van der Waals surface area contributed by atoms with Crippen molar-refractivity contribution >= 4 is 49.7 Å². The van der Waals surface area contributed by atoms with E-state index < -0.39 is 0 Å². The standard InChI is InChI=1S/C45H32N4/c1-29-11-10-16-37-36-14-5-9-20-42(36)49(44(29)37)33-25-21-30(22-26-33)43-38-15-2-6-17-39(38)46-45(47-43)31-23-27-32(28-24-31)48-40-18-7-3-12-34(40)35-13-4-8-19-41(35)48/h2-10,12-29H,11H2,1H3. The molecule has 232 valence electrons. The third-order valence-corrected chi connectivity index (χ3v) is 10.2. The normalized spacial score (nSPS) is 14.3. The monoisotopic (exact) mass is 628 g/mol. The number of hydrogen-bond donors (Lipinski definition) is 0. The molecule has 0 amide bonds. The zero-order valence-corrected chi connectivity index (χ0v) is 27.1. The van der Waals surface area contributed by atoms with Gasteiger partial charge in [0.05, 0.1) is 27.8 Å². The Balaban J connectivity index is 1.07. The molecule has 9 aromatic rings. The third kappa shape index (κ3) is 4.31. The van der Waals surface area contributed by atoms with Crippen molar-refractivity contribution in [3.05, 3.63) is 163 Å². The Bertz CT molecular complexity index is 2690. The van der Waals surface area contributed by atoms with Gasteiger partial charge >= 0.3 is 0 Å². The van der Waals surface area contributed by atoms with Crippen LogP contribution in [0.1, 0.15) is 30.5 Å². The first-order valence-electron chi connectivity index (χ1n) is 17.0. The van der Waals surface area contributed by atoms with Gasteiger partial charge in [0.25, 0.3) is 0 Å². The second kappa shape index (κ2) is 10.9. The van der Waals surface area contributed by atoms with Gasteiger partial charge in [-0.2, -0.15) is 0 Å². The molecule has 3 aromatic heterocycles. The molecule has 6 aromatic carbocycles. The molecular formula is C45H32N4. The fourth-order valence-electron chi connectivity index (χ4n) is 7.88. The van der Waals surface area contributed by atoms with Gasteiger partial charge < -0.3 is 9.13 Å². The zero-order chi connectivity index (χ0) is 32.5. The van der Waals surface area contributed by atoms with Gasteiger partial charge in [-0.25, -0.2) is 9.97 Å². The Labute approximate surface area is 284 Å². The summed E-state index contributed by atoms with van der Waals surface area (Å²) in [6, 6.07) is 51.8. The molecule has 0 radical (unpaired) electrons. The van der Waals surface area contributed by atoms with E-state index in [1.54, 1.807) is 0 Å². The highest BCUT2D eigenvalue weighted by Gasteiger charge is 2.23. The van der Waals surface area contributed by atoms with Crippen LogP contribution in [0.5, 0.6) is 0 Å². The maximum Gasteiger partial charge on any atom is 0.160 e. The molecule has 0 saturated heterocycles. The highest BCUT2D eigenvalue weighted by Crippen LogP contribution is 2.40. The number of para-hydroxylation sites is 4. The minimum absolute atomic E-state index is 0.446. The first-order chi connectivity index (χ1) is 24.2. The van der Waals surface area contributed by atoms with Crippen LogP contribution < -0.4 is 0 Å². The molecule has 0 N–H and O–H groups in total. The van der Waals surface area contributed by atoms with Gasteiger partial charge in [0.2, 0.25) is 0 Å². The smallest absolute Gasteiger partial charge is 0.160 e. The number of benzene rings is 6. The fourth-order valence-corrected chi connectivity index (χ4v) is 7.88. The fraction of sp³-hybridized carbons (Fsp3) is 0.0667. The van der Waals surface area contributed by atoms with E-state index in [-0.39, 0.29) is 0 Å². The van der Waals surface area contributed by atoms with E-state index in [9.17, 15) is 0 Å². The van der Waals surface area contributed by atoms with E-state index in [4.69, 9.17) is 9.97 Å². The lowest BCUT2D eigenvalue weighted by molar-refractivity contribution is 0.723. The van der Waals surface area contributed by atoms with Crippen molar-refractivity contribution in [3.63, 3.8) is 0 Å². The Kier molecular flexibility index (Phi) is 6.18. The minimum atomic E-state index is 0.446. The summed E-state index contributed by atoms with van der Waals surface area (Å²) in [7, 11) is 0. The van der Waals surface area contributed by atoms with E-state index in [0.29, 0.717) is 5.92 Å². The Hall–Kier alpha value is -6.26. The highest BCUT2D eigenvalue weighted by atomic mass is 15.0. The van der Waals surface area contributed by atoms with Crippen molar-refractivity contribution in [3.8, 4) is 34.0 Å². The topological polar surface area (TPSA) is 35.6 Å². The van der Waals surface area contributed by atoms with Crippen LogP contribution in [0, 0.1) is 0 Å². The van der Waals surface area contributed by atoms with Crippen LogP contribution in [-0.2, 0) is 0 Å². The van der Waals surface area contributed by atoms with Crippen molar-refractivity contribution in [1.82, 2.24) is 19.1 Å². The van der Waals surface area contributed by atoms with Gasteiger partial charge in [-0.15, -0.1) is 0 Å². The van der Waals surface area contributed by atoms with E-state index in [1.165, 1.54) is 49.7 Å². The van der Waals surface area contributed by atoms with Gasteiger partial charge in [0.1, 0.15) is 0 Å². The van der Waals surface area contributed by atoms with E-state index in [2.05, 4.69) is 168 Å². The first-order valence-corrected chi connectivity index (χ1v) is 17.0. The number of allylic oxidation sites excluding steroid dienone is 1. The second-order valence-electron chi connectivity index (χ2n) is 13.1. The van der Waals surface area contributed by atoms with Crippen molar-refractivity contribution in [2.45, 2.75) is 19.3 Å². The van der Waals surface area contributed by atoms with Crippen molar-refractivity contribution in [1.29, 1.82) is 0 Å². The van der Waals surface area contributed by atoms with Crippen LogP contribution in [-0.4, -0.2) is 19.1 Å². The average Bonchev–Trinajstić information content (AvgIpc) is 3.69. The zero-order valence-electron chi connectivity index (χ0n) is 27.1. The van der Waals surface area contributed by atoms with E-state index in [1.807, 2.05) is 6.07 Å². The molecule has 1 aliphatic carbocycles. The third-order valence-electron chi connectivity index (χ3n) is 10.2. The lowest BCUT2D eigenvalue weighted by Gasteiger charge is -2.19. The predicted octanol–water partition coefficient (Wildman–Crippen LogP) is 11.5. The molecule has 1 unspecified atom stereocenters. The minimum Gasteiger partial charge on any atom is -0.313 e. The van der Waals surface area contributed by atoms with Crippen LogP contribution in [0.4, 0.5) is 0 Å². The van der Waals surface area contributed by atoms with Gasteiger partial charge in [-0.1, -0.05) is 104 Å². The lowest BCUT2D eigenvalue weighted by Crippen LogP contribution is -2.07. The molecule has 49 heavy (non-hydrogen) atoms. The molecular weight excluding hydrogens is 597 g/mol. The average molecular weight is 629 g/mol. The number of rotatable bonds is 4. The summed E-state index contributed by atoms with van der Waals surface area (Å²) in [5.74, 6) is 1.17. The van der Waals surface area contributed by atoms with E-state index >= 15 is 0 Å². The van der Waals surface area contributed by atoms with Crippen LogP contribution in [0.3, 0.4) is 0 Å². The number of hydrogen-bond acceptors (Lipinski definition) is 2. The van der Waals surface area contributed by atoms with Gasteiger partial charge in [0.15, 0.2) is 5.82 Å². The summed E-state index contributed by atoms with van der Waals surface area (Å²) in [5, 5.41) is 4.86. The molecule has 1 atom stereocenters. The van der Waals surface area contributed by atoms with E-state index in [0.717, 1.165) is 45.7 Å². The molecule has 3 heterocycles. The highest BCUT2D eigenvalue weighted by molar-refractivity contribution is 6.09. The Morgan fingerprint density at radius 3 is 1.71 bits per heavy atom. The molecule has 4 nitrogen and oxygen atoms in total. The first kappa shape index (κ1) is 27.8. The summed E-state index contributed by atoms with van der Waals surface area (Å²) in [4.78, 5) is 10.3. The lowest BCUT2D eigenvalue weighted by atomic mass is 9.93. The van der Waals surface area contributed by atoms with Crippen molar-refractivity contribution in [2.24, 2.45) is 0 Å². The SMILES string of the molecule is CC1CC=Cc2c1n(-c1ccc(-c3nc(-c4ccc(-n5c6ccccc6c6ccccc65)cc4)nc4ccccc34)cc1)c1ccccc21. The summed E-state index contributed by atoms with van der Waals surface area (Å²) in [6.45, 7) is 2.33. The molecule has 0 fully saturated rings. The Morgan fingerprint density at radius 2 is 1.04 bits per heavy atom. The maximum absolute atomic E-state index is 5.22. The summed E-state index contributed by atoms with van der Waals surface area (Å²) < 4.78 is 4.79. The summed E-state index contributed by atoms with van der Waals surface area (Å²) in [5.41, 5.74) is 12.6.